The normalized spacial score (nSPS) is 11.5. The zero-order chi connectivity index (χ0) is 22.6. The summed E-state index contributed by atoms with van der Waals surface area (Å²) in [6.07, 6.45) is 0. The van der Waals surface area contributed by atoms with Crippen LogP contribution < -0.4 is 4.74 Å². The van der Waals surface area contributed by atoms with E-state index < -0.39 is 28.4 Å². The molecule has 1 N–H and O–H groups in total. The van der Waals surface area contributed by atoms with Crippen LogP contribution in [0.4, 0.5) is 4.39 Å². The number of carbonyl (C=O) groups is 1. The van der Waals surface area contributed by atoms with Crippen molar-refractivity contribution in [3.8, 4) is 16.9 Å². The van der Waals surface area contributed by atoms with Crippen molar-refractivity contribution in [2.24, 2.45) is 0 Å². The second-order valence-corrected chi connectivity index (χ2v) is 9.22. The molecule has 0 unspecified atom stereocenters. The summed E-state index contributed by atoms with van der Waals surface area (Å²) >= 11 is 6.09. The molecule has 0 radical (unpaired) electrons. The fourth-order valence-electron chi connectivity index (χ4n) is 2.95. The molecule has 0 aliphatic carbocycles. The third kappa shape index (κ3) is 5.61. The average molecular weight is 464 g/mol. The van der Waals surface area contributed by atoms with Gasteiger partial charge in [-0.3, -0.25) is 0 Å². The number of sulfonamides is 1. The van der Waals surface area contributed by atoms with Gasteiger partial charge in [-0.15, -0.1) is 0 Å². The summed E-state index contributed by atoms with van der Waals surface area (Å²) in [7, 11) is -2.41. The van der Waals surface area contributed by atoms with Crippen LogP contribution in [0.15, 0.2) is 71.6 Å². The van der Waals surface area contributed by atoms with Crippen LogP contribution in [0.2, 0.25) is 5.02 Å². The van der Waals surface area contributed by atoms with Crippen molar-refractivity contribution < 1.29 is 27.4 Å². The fraction of sp³-hybridized carbons (Fsp3) is 0.136. The lowest BCUT2D eigenvalue weighted by molar-refractivity contribution is -0.139. The molecule has 0 aliphatic heterocycles. The molecule has 0 bridgehead atoms. The number of halogens is 2. The van der Waals surface area contributed by atoms with Crippen molar-refractivity contribution in [2.75, 3.05) is 13.7 Å². The summed E-state index contributed by atoms with van der Waals surface area (Å²) in [6, 6.07) is 16.5. The number of hydrogen-bond acceptors (Lipinski definition) is 4. The molecule has 0 atom stereocenters. The van der Waals surface area contributed by atoms with E-state index in [1.165, 1.54) is 19.2 Å². The van der Waals surface area contributed by atoms with E-state index in [0.717, 1.165) is 16.4 Å². The second kappa shape index (κ2) is 9.47. The monoisotopic (exact) mass is 463 g/mol. The number of carboxylic acids is 1. The van der Waals surface area contributed by atoms with Gasteiger partial charge in [-0.05, 0) is 59.7 Å². The number of carboxylic acid groups (broad SMARTS) is 1. The largest absolute Gasteiger partial charge is 0.481 e. The summed E-state index contributed by atoms with van der Waals surface area (Å²) < 4.78 is 45.3. The molecule has 0 aliphatic rings. The van der Waals surface area contributed by atoms with Gasteiger partial charge < -0.3 is 9.84 Å². The smallest absolute Gasteiger partial charge is 0.341 e. The van der Waals surface area contributed by atoms with Gasteiger partial charge in [0.05, 0.1) is 4.90 Å². The van der Waals surface area contributed by atoms with E-state index in [-0.39, 0.29) is 11.4 Å². The highest BCUT2D eigenvalue weighted by Gasteiger charge is 2.21. The first-order valence-corrected chi connectivity index (χ1v) is 10.9. The van der Waals surface area contributed by atoms with Gasteiger partial charge in [0.25, 0.3) is 0 Å². The molecule has 31 heavy (non-hydrogen) atoms. The highest BCUT2D eigenvalue weighted by molar-refractivity contribution is 7.89. The van der Waals surface area contributed by atoms with Crippen LogP contribution in [0, 0.1) is 5.82 Å². The lowest BCUT2D eigenvalue weighted by Crippen LogP contribution is -2.26. The van der Waals surface area contributed by atoms with Crippen LogP contribution in [0.3, 0.4) is 0 Å². The molecule has 162 valence electrons. The van der Waals surface area contributed by atoms with Gasteiger partial charge in [0.1, 0.15) is 11.6 Å². The predicted octanol–water partition coefficient (Wildman–Crippen LogP) is 4.43. The van der Waals surface area contributed by atoms with Crippen LogP contribution in [0.25, 0.3) is 11.1 Å². The molecule has 3 rings (SSSR count). The number of ether oxygens (including phenoxy) is 1. The van der Waals surface area contributed by atoms with Crippen LogP contribution in [-0.2, 0) is 21.4 Å². The van der Waals surface area contributed by atoms with E-state index >= 15 is 0 Å². The van der Waals surface area contributed by atoms with Crippen LogP contribution in [0.5, 0.6) is 5.75 Å². The lowest BCUT2D eigenvalue weighted by Gasteiger charge is -2.19. The first kappa shape index (κ1) is 22.7. The van der Waals surface area contributed by atoms with Gasteiger partial charge in [0.15, 0.2) is 6.61 Å². The summed E-state index contributed by atoms with van der Waals surface area (Å²) in [4.78, 5) is 10.9. The molecule has 0 saturated heterocycles. The molecule has 0 aromatic heterocycles. The van der Waals surface area contributed by atoms with Gasteiger partial charge in [0, 0.05) is 24.2 Å². The highest BCUT2D eigenvalue weighted by Crippen LogP contribution is 2.33. The fourth-order valence-corrected chi connectivity index (χ4v) is 4.30. The molecule has 0 amide bonds. The zero-order valence-electron chi connectivity index (χ0n) is 16.5. The molecule has 0 fully saturated rings. The van der Waals surface area contributed by atoms with Crippen LogP contribution >= 0.6 is 11.6 Å². The maximum Gasteiger partial charge on any atom is 0.341 e. The minimum atomic E-state index is -3.83. The lowest BCUT2D eigenvalue weighted by atomic mass is 10.0. The van der Waals surface area contributed by atoms with E-state index in [0.29, 0.717) is 27.5 Å². The quantitative estimate of drug-likeness (QED) is 0.534. The summed E-state index contributed by atoms with van der Waals surface area (Å²) in [5.74, 6) is -1.31. The van der Waals surface area contributed by atoms with Gasteiger partial charge in [0.2, 0.25) is 10.0 Å². The molecule has 9 heteroatoms. The Bertz CT molecular complexity index is 1200. The second-order valence-electron chi connectivity index (χ2n) is 6.74. The van der Waals surface area contributed by atoms with Crippen molar-refractivity contribution in [3.63, 3.8) is 0 Å². The molecular weight excluding hydrogens is 445 g/mol. The Balaban J connectivity index is 1.93. The van der Waals surface area contributed by atoms with Crippen molar-refractivity contribution in [3.05, 3.63) is 83.1 Å². The van der Waals surface area contributed by atoms with Crippen molar-refractivity contribution >= 4 is 27.6 Å². The molecule has 0 heterocycles. The minimum absolute atomic E-state index is 0.0205. The maximum atomic E-state index is 13.1. The van der Waals surface area contributed by atoms with Crippen LogP contribution in [0.1, 0.15) is 5.56 Å². The number of hydrogen-bond donors (Lipinski definition) is 1. The van der Waals surface area contributed by atoms with Crippen LogP contribution in [-0.4, -0.2) is 37.5 Å². The standard InChI is InChI=1S/C22H19ClFNO5S/c1-25(31(28,29)19-8-6-18(24)7-9-19)13-15-5-10-21(30-14-22(26)27)20(11-15)16-3-2-4-17(23)12-16/h2-12H,13-14H2,1H3,(H,26,27). The topological polar surface area (TPSA) is 83.9 Å². The van der Waals surface area contributed by atoms with E-state index in [1.54, 1.807) is 42.5 Å². The van der Waals surface area contributed by atoms with Gasteiger partial charge in [-0.25, -0.2) is 17.6 Å². The average Bonchev–Trinajstić information content (AvgIpc) is 2.73. The molecular formula is C22H19ClFNO5S. The molecule has 3 aromatic carbocycles. The van der Waals surface area contributed by atoms with Crippen molar-refractivity contribution in [2.45, 2.75) is 11.4 Å². The molecule has 3 aromatic rings. The van der Waals surface area contributed by atoms with Gasteiger partial charge >= 0.3 is 5.97 Å². The number of aliphatic carboxylic acids is 1. The Hall–Kier alpha value is -2.94. The third-order valence-corrected chi connectivity index (χ3v) is 6.51. The number of rotatable bonds is 8. The zero-order valence-corrected chi connectivity index (χ0v) is 18.0. The van der Waals surface area contributed by atoms with E-state index in [1.807, 2.05) is 0 Å². The first-order chi connectivity index (χ1) is 14.7. The number of nitrogens with zero attached hydrogens (tertiary/aromatic N) is 1. The van der Waals surface area contributed by atoms with Gasteiger partial charge in [-0.2, -0.15) is 4.31 Å². The van der Waals surface area contributed by atoms with Crippen molar-refractivity contribution in [1.82, 2.24) is 4.31 Å². The first-order valence-electron chi connectivity index (χ1n) is 9.12. The molecule has 0 saturated carbocycles. The molecule has 0 spiro atoms. The Morgan fingerprint density at radius 1 is 1.10 bits per heavy atom. The van der Waals surface area contributed by atoms with Gasteiger partial charge in [-0.1, -0.05) is 29.8 Å². The van der Waals surface area contributed by atoms with E-state index in [4.69, 9.17) is 21.4 Å². The molecule has 6 nitrogen and oxygen atoms in total. The van der Waals surface area contributed by atoms with E-state index in [9.17, 15) is 17.6 Å². The minimum Gasteiger partial charge on any atom is -0.481 e. The Kier molecular flexibility index (Phi) is 6.94. The van der Waals surface area contributed by atoms with E-state index in [2.05, 4.69) is 0 Å². The predicted molar refractivity (Wildman–Crippen MR) is 115 cm³/mol. The third-order valence-electron chi connectivity index (χ3n) is 4.46. The maximum absolute atomic E-state index is 13.1. The Morgan fingerprint density at radius 2 is 1.81 bits per heavy atom. The summed E-state index contributed by atoms with van der Waals surface area (Å²) in [5, 5.41) is 9.41. The van der Waals surface area contributed by atoms with Crippen molar-refractivity contribution in [1.29, 1.82) is 0 Å². The summed E-state index contributed by atoms with van der Waals surface area (Å²) in [6.45, 7) is -0.488. The Labute approximate surface area is 184 Å². The number of benzene rings is 3. The highest BCUT2D eigenvalue weighted by atomic mass is 35.5. The SMILES string of the molecule is CN(Cc1ccc(OCC(=O)O)c(-c2cccc(Cl)c2)c1)S(=O)(=O)c1ccc(F)cc1. The Morgan fingerprint density at radius 3 is 2.45 bits per heavy atom. The summed E-state index contributed by atoms with van der Waals surface area (Å²) in [5.41, 5.74) is 1.92.